The number of hydrogen-bond acceptors (Lipinski definition) is 3. The molecule has 5 nitrogen and oxygen atoms in total. The van der Waals surface area contributed by atoms with Crippen molar-refractivity contribution in [1.82, 2.24) is 0 Å². The lowest BCUT2D eigenvalue weighted by Gasteiger charge is -2.12. The molecule has 2 N–H and O–H groups in total. The van der Waals surface area contributed by atoms with E-state index < -0.39 is 0 Å². The molecule has 0 saturated carbocycles. The van der Waals surface area contributed by atoms with E-state index in [1.54, 1.807) is 60.7 Å². The molecule has 0 aliphatic rings. The van der Waals surface area contributed by atoms with Crippen LogP contribution in [0.4, 0.5) is 11.4 Å². The topological polar surface area (TPSA) is 67.4 Å². The van der Waals surface area contributed by atoms with Crippen LogP contribution in [0.1, 0.15) is 26.3 Å². The minimum absolute atomic E-state index is 0.260. The van der Waals surface area contributed by atoms with Crippen molar-refractivity contribution in [2.75, 3.05) is 17.7 Å². The second-order valence-electron chi connectivity index (χ2n) is 6.15. The minimum Gasteiger partial charge on any atom is -0.496 e. The Morgan fingerprint density at radius 3 is 2.07 bits per heavy atom. The number of carbonyl (C=O) groups is 2. The van der Waals surface area contributed by atoms with E-state index in [1.165, 1.54) is 7.11 Å². The first-order valence-electron chi connectivity index (χ1n) is 8.60. The highest BCUT2D eigenvalue weighted by Crippen LogP contribution is 2.24. The van der Waals surface area contributed by atoms with Gasteiger partial charge in [-0.05, 0) is 61.0 Å². The first kappa shape index (κ1) is 19.5. The normalized spacial score (nSPS) is 10.2. The summed E-state index contributed by atoms with van der Waals surface area (Å²) < 4.78 is 5.33. The van der Waals surface area contributed by atoms with Crippen molar-refractivity contribution in [3.63, 3.8) is 0 Å². The largest absolute Gasteiger partial charge is 0.496 e. The Hall–Kier alpha value is -3.31. The Labute approximate surface area is 168 Å². The van der Waals surface area contributed by atoms with Crippen LogP contribution in [-0.2, 0) is 0 Å². The molecule has 2 amide bonds. The lowest BCUT2D eigenvalue weighted by Crippen LogP contribution is -2.14. The van der Waals surface area contributed by atoms with Crippen molar-refractivity contribution < 1.29 is 14.3 Å². The van der Waals surface area contributed by atoms with Crippen LogP contribution in [0, 0.1) is 6.92 Å². The van der Waals surface area contributed by atoms with E-state index in [0.717, 1.165) is 5.56 Å². The molecule has 3 aromatic rings. The molecule has 3 rings (SSSR count). The third-order valence-corrected chi connectivity index (χ3v) is 4.38. The summed E-state index contributed by atoms with van der Waals surface area (Å²) >= 11 is 5.91. The zero-order valence-electron chi connectivity index (χ0n) is 15.5. The van der Waals surface area contributed by atoms with Crippen LogP contribution in [0.25, 0.3) is 0 Å². The van der Waals surface area contributed by atoms with Crippen molar-refractivity contribution in [2.45, 2.75) is 6.92 Å². The quantitative estimate of drug-likeness (QED) is 0.628. The van der Waals surface area contributed by atoms with Crippen LogP contribution >= 0.6 is 11.6 Å². The maximum Gasteiger partial charge on any atom is 0.259 e. The summed E-state index contributed by atoms with van der Waals surface area (Å²) in [5.41, 5.74) is 3.02. The van der Waals surface area contributed by atoms with Gasteiger partial charge in [-0.3, -0.25) is 9.59 Å². The Morgan fingerprint density at radius 2 is 1.46 bits per heavy atom. The number of methoxy groups -OCH3 is 1. The lowest BCUT2D eigenvalue weighted by molar-refractivity contribution is 0.101. The molecular weight excluding hydrogens is 376 g/mol. The van der Waals surface area contributed by atoms with E-state index in [1.807, 2.05) is 13.0 Å². The molecule has 0 aliphatic heterocycles. The molecule has 28 heavy (non-hydrogen) atoms. The monoisotopic (exact) mass is 394 g/mol. The van der Waals surface area contributed by atoms with Crippen LogP contribution in [0.2, 0.25) is 5.02 Å². The molecule has 142 valence electrons. The Morgan fingerprint density at radius 1 is 0.857 bits per heavy atom. The Balaban J connectivity index is 1.69. The molecule has 0 fully saturated rings. The van der Waals surface area contributed by atoms with Gasteiger partial charge < -0.3 is 15.4 Å². The number of benzene rings is 3. The fourth-order valence-electron chi connectivity index (χ4n) is 2.77. The van der Waals surface area contributed by atoms with Gasteiger partial charge in [-0.1, -0.05) is 29.8 Å². The zero-order valence-corrected chi connectivity index (χ0v) is 16.2. The number of para-hydroxylation sites is 1. The van der Waals surface area contributed by atoms with Gasteiger partial charge in [0.1, 0.15) is 5.75 Å². The average Bonchev–Trinajstić information content (AvgIpc) is 2.69. The van der Waals surface area contributed by atoms with E-state index in [-0.39, 0.29) is 11.8 Å². The predicted molar refractivity (Wildman–Crippen MR) is 112 cm³/mol. The van der Waals surface area contributed by atoms with Gasteiger partial charge in [-0.25, -0.2) is 0 Å². The summed E-state index contributed by atoms with van der Waals surface area (Å²) in [6, 6.07) is 19.0. The number of ether oxygens (including phenoxy) is 1. The number of halogens is 1. The molecule has 0 radical (unpaired) electrons. The standard InChI is InChI=1S/C22H19ClN2O3/c1-14-5-3-8-19(20(14)28-2)22(27)25-18-11-9-17(10-12-18)24-21(26)15-6-4-7-16(23)13-15/h3-13H,1-2H3,(H,24,26)(H,25,27). The number of rotatable bonds is 5. The van der Waals surface area contributed by atoms with Crippen molar-refractivity contribution >= 4 is 34.8 Å². The lowest BCUT2D eigenvalue weighted by atomic mass is 10.1. The first-order valence-corrected chi connectivity index (χ1v) is 8.97. The number of nitrogens with one attached hydrogen (secondary N) is 2. The van der Waals surface area contributed by atoms with Crippen molar-refractivity contribution in [3.8, 4) is 5.75 Å². The third-order valence-electron chi connectivity index (χ3n) is 4.15. The minimum atomic E-state index is -0.267. The number of anilines is 2. The number of hydrogen-bond donors (Lipinski definition) is 2. The van der Waals surface area contributed by atoms with Crippen molar-refractivity contribution in [3.05, 3.63) is 88.4 Å². The van der Waals surface area contributed by atoms with Crippen molar-refractivity contribution in [2.24, 2.45) is 0 Å². The molecule has 0 aliphatic carbocycles. The molecule has 3 aromatic carbocycles. The van der Waals surface area contributed by atoms with Gasteiger partial charge >= 0.3 is 0 Å². The van der Waals surface area contributed by atoms with Gasteiger partial charge in [0, 0.05) is 22.0 Å². The van der Waals surface area contributed by atoms with Crippen LogP contribution in [-0.4, -0.2) is 18.9 Å². The fraction of sp³-hybridized carbons (Fsp3) is 0.0909. The third kappa shape index (κ3) is 4.50. The zero-order chi connectivity index (χ0) is 20.1. The van der Waals surface area contributed by atoms with E-state index in [0.29, 0.717) is 33.3 Å². The molecular formula is C22H19ClN2O3. The molecule has 0 atom stereocenters. The highest BCUT2D eigenvalue weighted by Gasteiger charge is 2.14. The summed E-state index contributed by atoms with van der Waals surface area (Å²) in [4.78, 5) is 24.8. The molecule has 0 bridgehead atoms. The van der Waals surface area contributed by atoms with Gasteiger partial charge in [-0.2, -0.15) is 0 Å². The second-order valence-corrected chi connectivity index (χ2v) is 6.59. The van der Waals surface area contributed by atoms with Crippen LogP contribution in [0.15, 0.2) is 66.7 Å². The molecule has 0 heterocycles. The summed E-state index contributed by atoms with van der Waals surface area (Å²) in [5, 5.41) is 6.12. The molecule has 0 spiro atoms. The van der Waals surface area contributed by atoms with E-state index in [9.17, 15) is 9.59 Å². The van der Waals surface area contributed by atoms with Crippen LogP contribution in [0.3, 0.4) is 0 Å². The van der Waals surface area contributed by atoms with E-state index in [2.05, 4.69) is 10.6 Å². The summed E-state index contributed by atoms with van der Waals surface area (Å²) in [6.45, 7) is 1.88. The Bertz CT molecular complexity index is 1020. The molecule has 0 unspecified atom stereocenters. The van der Waals surface area contributed by atoms with Crippen molar-refractivity contribution in [1.29, 1.82) is 0 Å². The highest BCUT2D eigenvalue weighted by atomic mass is 35.5. The average molecular weight is 395 g/mol. The maximum absolute atomic E-state index is 12.6. The van der Waals surface area contributed by atoms with Gasteiger partial charge in [0.05, 0.1) is 12.7 Å². The smallest absolute Gasteiger partial charge is 0.259 e. The molecule has 0 aromatic heterocycles. The Kier molecular flexibility index (Phi) is 5.96. The van der Waals surface area contributed by atoms with E-state index >= 15 is 0 Å². The summed E-state index contributed by atoms with van der Waals surface area (Å²) in [5.74, 6) is 0.0189. The maximum atomic E-state index is 12.6. The van der Waals surface area contributed by atoms with Crippen LogP contribution < -0.4 is 15.4 Å². The first-order chi connectivity index (χ1) is 13.5. The summed E-state index contributed by atoms with van der Waals surface area (Å²) in [6.07, 6.45) is 0. The number of carbonyl (C=O) groups excluding carboxylic acids is 2. The van der Waals surface area contributed by atoms with Gasteiger partial charge in [-0.15, -0.1) is 0 Å². The van der Waals surface area contributed by atoms with Gasteiger partial charge in [0.15, 0.2) is 0 Å². The van der Waals surface area contributed by atoms with Gasteiger partial charge in [0.2, 0.25) is 0 Å². The van der Waals surface area contributed by atoms with E-state index in [4.69, 9.17) is 16.3 Å². The fourth-order valence-corrected chi connectivity index (χ4v) is 2.96. The highest BCUT2D eigenvalue weighted by molar-refractivity contribution is 6.31. The molecule has 6 heteroatoms. The number of amides is 2. The van der Waals surface area contributed by atoms with Gasteiger partial charge in [0.25, 0.3) is 11.8 Å². The summed E-state index contributed by atoms with van der Waals surface area (Å²) in [7, 11) is 1.54. The second kappa shape index (κ2) is 8.59. The molecule has 0 saturated heterocycles. The van der Waals surface area contributed by atoms with Crippen LogP contribution in [0.5, 0.6) is 5.75 Å². The SMILES string of the molecule is COc1c(C)cccc1C(=O)Nc1ccc(NC(=O)c2cccc(Cl)c2)cc1. The number of aryl methyl sites for hydroxylation is 1. The predicted octanol–water partition coefficient (Wildman–Crippen LogP) is 5.16.